The summed E-state index contributed by atoms with van der Waals surface area (Å²) in [5, 5.41) is 0.710. The average Bonchev–Trinajstić information content (AvgIpc) is 2.71. The van der Waals surface area contributed by atoms with Crippen molar-refractivity contribution in [3.8, 4) is 0 Å². The van der Waals surface area contributed by atoms with Gasteiger partial charge in [0.05, 0.1) is 11.3 Å². The molecule has 6 heteroatoms. The van der Waals surface area contributed by atoms with E-state index in [1.807, 2.05) is 18.2 Å². The van der Waals surface area contributed by atoms with Gasteiger partial charge in [0, 0.05) is 11.3 Å². The van der Waals surface area contributed by atoms with Crippen molar-refractivity contribution in [1.82, 2.24) is 4.37 Å². The zero-order valence-corrected chi connectivity index (χ0v) is 10.8. The van der Waals surface area contributed by atoms with E-state index in [1.165, 1.54) is 0 Å². The van der Waals surface area contributed by atoms with Gasteiger partial charge in [-0.3, -0.25) is 0 Å². The minimum Gasteiger partial charge on any atom is -0.223 e. The Labute approximate surface area is 103 Å². The summed E-state index contributed by atoms with van der Waals surface area (Å²) in [7, 11) is -3.23. The molecule has 0 saturated carbocycles. The van der Waals surface area contributed by atoms with Crippen LogP contribution in [0.1, 0.15) is 6.42 Å². The summed E-state index contributed by atoms with van der Waals surface area (Å²) in [6.45, 7) is 0. The standard InChI is InChI=1S/C10H10ClNO2S2/c11-6-3-7-16(13,14)10-8-4-1-2-5-9(8)12-15-10/h1-2,4-5H,3,6-7H2. The Bertz CT molecular complexity index is 592. The number of hydrogen-bond acceptors (Lipinski definition) is 4. The molecule has 0 radical (unpaired) electrons. The first-order chi connectivity index (χ1) is 7.65. The number of rotatable bonds is 4. The molecule has 16 heavy (non-hydrogen) atoms. The highest BCUT2D eigenvalue weighted by Gasteiger charge is 2.19. The van der Waals surface area contributed by atoms with Crippen LogP contribution in [0.15, 0.2) is 28.5 Å². The smallest absolute Gasteiger partial charge is 0.189 e. The normalized spacial score (nSPS) is 12.1. The molecule has 0 aliphatic rings. The lowest BCUT2D eigenvalue weighted by molar-refractivity contribution is 0.597. The summed E-state index contributed by atoms with van der Waals surface area (Å²) < 4.78 is 28.4. The fourth-order valence-corrected chi connectivity index (χ4v) is 4.36. The predicted octanol–water partition coefficient (Wildman–Crippen LogP) is 2.70. The van der Waals surface area contributed by atoms with Gasteiger partial charge in [-0.2, -0.15) is 4.37 Å². The first-order valence-electron chi connectivity index (χ1n) is 4.78. The third-order valence-corrected chi connectivity index (χ3v) is 5.72. The van der Waals surface area contributed by atoms with Gasteiger partial charge in [-0.05, 0) is 24.0 Å². The number of aromatic nitrogens is 1. The molecule has 0 spiro atoms. The molecule has 3 nitrogen and oxygen atoms in total. The van der Waals surface area contributed by atoms with Crippen molar-refractivity contribution in [1.29, 1.82) is 0 Å². The molecule has 2 rings (SSSR count). The van der Waals surface area contributed by atoms with Crippen molar-refractivity contribution in [3.05, 3.63) is 24.3 Å². The van der Waals surface area contributed by atoms with Gasteiger partial charge in [-0.1, -0.05) is 18.2 Å². The Morgan fingerprint density at radius 3 is 2.81 bits per heavy atom. The first kappa shape index (κ1) is 11.8. The van der Waals surface area contributed by atoms with Crippen molar-refractivity contribution in [2.75, 3.05) is 11.6 Å². The van der Waals surface area contributed by atoms with E-state index in [0.717, 1.165) is 17.0 Å². The van der Waals surface area contributed by atoms with Crippen LogP contribution in [0.3, 0.4) is 0 Å². The number of nitrogens with zero attached hydrogens (tertiary/aromatic N) is 1. The predicted molar refractivity (Wildman–Crippen MR) is 67.0 cm³/mol. The lowest BCUT2D eigenvalue weighted by atomic mass is 10.3. The van der Waals surface area contributed by atoms with Gasteiger partial charge in [-0.15, -0.1) is 11.6 Å². The van der Waals surface area contributed by atoms with Crippen LogP contribution >= 0.6 is 23.1 Å². The Morgan fingerprint density at radius 1 is 1.31 bits per heavy atom. The third kappa shape index (κ3) is 2.21. The first-order valence-corrected chi connectivity index (χ1v) is 7.74. The fourth-order valence-electron chi connectivity index (χ4n) is 1.43. The van der Waals surface area contributed by atoms with Crippen molar-refractivity contribution in [3.63, 3.8) is 0 Å². The molecular formula is C10H10ClNO2S2. The number of fused-ring (bicyclic) bond motifs is 1. The van der Waals surface area contributed by atoms with E-state index in [9.17, 15) is 8.42 Å². The maximum atomic E-state index is 12.0. The van der Waals surface area contributed by atoms with Gasteiger partial charge in [-0.25, -0.2) is 8.42 Å². The molecule has 0 bridgehead atoms. The summed E-state index contributed by atoms with van der Waals surface area (Å²) >= 11 is 6.55. The maximum Gasteiger partial charge on any atom is 0.189 e. The molecule has 0 fully saturated rings. The molecule has 1 aromatic carbocycles. The second-order valence-corrected chi connectivity index (χ2v) is 6.80. The van der Waals surface area contributed by atoms with E-state index in [2.05, 4.69) is 4.37 Å². The van der Waals surface area contributed by atoms with Crippen LogP contribution in [0, 0.1) is 0 Å². The van der Waals surface area contributed by atoms with E-state index in [0.29, 0.717) is 21.9 Å². The molecule has 0 amide bonds. The summed E-state index contributed by atoms with van der Waals surface area (Å²) in [5.41, 5.74) is 0.733. The Balaban J connectivity index is 2.47. The Kier molecular flexibility index (Phi) is 3.47. The van der Waals surface area contributed by atoms with Gasteiger partial charge in [0.25, 0.3) is 0 Å². The van der Waals surface area contributed by atoms with Gasteiger partial charge >= 0.3 is 0 Å². The monoisotopic (exact) mass is 275 g/mol. The number of alkyl halides is 1. The molecule has 0 N–H and O–H groups in total. The van der Waals surface area contributed by atoms with Gasteiger partial charge in [0.1, 0.15) is 4.21 Å². The van der Waals surface area contributed by atoms with E-state index in [1.54, 1.807) is 6.07 Å². The summed E-state index contributed by atoms with van der Waals surface area (Å²) in [5.74, 6) is 0.443. The highest BCUT2D eigenvalue weighted by molar-refractivity contribution is 7.93. The van der Waals surface area contributed by atoms with E-state index >= 15 is 0 Å². The van der Waals surface area contributed by atoms with Crippen LogP contribution in [-0.4, -0.2) is 24.4 Å². The molecule has 1 heterocycles. The van der Waals surface area contributed by atoms with E-state index in [-0.39, 0.29) is 5.75 Å². The molecule has 0 aliphatic heterocycles. The quantitative estimate of drug-likeness (QED) is 0.806. The second kappa shape index (κ2) is 4.69. The molecule has 0 aliphatic carbocycles. The molecule has 86 valence electrons. The lowest BCUT2D eigenvalue weighted by Crippen LogP contribution is -2.05. The molecule has 0 atom stereocenters. The highest BCUT2D eigenvalue weighted by atomic mass is 35.5. The van der Waals surface area contributed by atoms with Crippen LogP contribution in [0.5, 0.6) is 0 Å². The van der Waals surface area contributed by atoms with Crippen LogP contribution in [0.25, 0.3) is 10.9 Å². The van der Waals surface area contributed by atoms with Crippen molar-refractivity contribution < 1.29 is 8.42 Å². The topological polar surface area (TPSA) is 47.0 Å². The van der Waals surface area contributed by atoms with Crippen LogP contribution in [-0.2, 0) is 9.84 Å². The summed E-state index contributed by atoms with van der Waals surface area (Å²) in [6, 6.07) is 7.26. The van der Waals surface area contributed by atoms with Crippen LogP contribution in [0.2, 0.25) is 0 Å². The third-order valence-electron chi connectivity index (χ3n) is 2.18. The van der Waals surface area contributed by atoms with Gasteiger partial charge in [0.2, 0.25) is 0 Å². The van der Waals surface area contributed by atoms with E-state index in [4.69, 9.17) is 11.6 Å². The second-order valence-electron chi connectivity index (χ2n) is 3.35. The van der Waals surface area contributed by atoms with Crippen LogP contribution in [0.4, 0.5) is 0 Å². The minimum atomic E-state index is -3.23. The number of hydrogen-bond donors (Lipinski definition) is 0. The number of halogens is 1. The maximum absolute atomic E-state index is 12.0. The largest absolute Gasteiger partial charge is 0.223 e. The van der Waals surface area contributed by atoms with Gasteiger partial charge in [0.15, 0.2) is 9.84 Å². The molecule has 1 aromatic heterocycles. The summed E-state index contributed by atoms with van der Waals surface area (Å²) in [6.07, 6.45) is 0.468. The molecule has 2 aromatic rings. The van der Waals surface area contributed by atoms with Crippen molar-refractivity contribution in [2.45, 2.75) is 10.6 Å². The SMILES string of the molecule is O=S(=O)(CCCCl)c1snc2ccccc12. The minimum absolute atomic E-state index is 0.0860. The fraction of sp³-hybridized carbons (Fsp3) is 0.300. The molecule has 0 saturated heterocycles. The summed E-state index contributed by atoms with van der Waals surface area (Å²) in [4.78, 5) is 0. The number of benzene rings is 1. The van der Waals surface area contributed by atoms with E-state index < -0.39 is 9.84 Å². The average molecular weight is 276 g/mol. The van der Waals surface area contributed by atoms with Crippen molar-refractivity contribution >= 4 is 43.9 Å². The highest BCUT2D eigenvalue weighted by Crippen LogP contribution is 2.27. The Hall–Kier alpha value is -0.650. The molecule has 0 unspecified atom stereocenters. The zero-order valence-electron chi connectivity index (χ0n) is 8.39. The Morgan fingerprint density at radius 2 is 2.06 bits per heavy atom. The molecular weight excluding hydrogens is 266 g/mol. The lowest BCUT2D eigenvalue weighted by Gasteiger charge is -1.99. The zero-order chi connectivity index (χ0) is 11.6. The van der Waals surface area contributed by atoms with Gasteiger partial charge < -0.3 is 0 Å². The van der Waals surface area contributed by atoms with Crippen LogP contribution < -0.4 is 0 Å². The number of sulfone groups is 1. The van der Waals surface area contributed by atoms with Crippen molar-refractivity contribution in [2.24, 2.45) is 0 Å².